The molecular formula is C28H37N3O3. The highest BCUT2D eigenvalue weighted by Crippen LogP contribution is 2.58. The lowest BCUT2D eigenvalue weighted by molar-refractivity contribution is -0.152. The summed E-state index contributed by atoms with van der Waals surface area (Å²) in [5.41, 5.74) is 5.39. The molecule has 2 bridgehead atoms. The summed E-state index contributed by atoms with van der Waals surface area (Å²) in [4.78, 5) is 2.65. The van der Waals surface area contributed by atoms with Crippen LogP contribution in [0.4, 0.5) is 0 Å². The van der Waals surface area contributed by atoms with E-state index in [-0.39, 0.29) is 11.5 Å². The highest BCUT2D eigenvalue weighted by molar-refractivity contribution is 5.52. The number of hydrogen-bond donors (Lipinski definition) is 1. The van der Waals surface area contributed by atoms with Crippen molar-refractivity contribution in [2.45, 2.75) is 81.4 Å². The lowest BCUT2D eigenvalue weighted by Gasteiger charge is -2.63. The van der Waals surface area contributed by atoms with Crippen LogP contribution in [-0.4, -0.2) is 64.8 Å². The van der Waals surface area contributed by atoms with Crippen LogP contribution in [0, 0.1) is 12.8 Å². The summed E-state index contributed by atoms with van der Waals surface area (Å²) in [7, 11) is 1.74. The van der Waals surface area contributed by atoms with Crippen molar-refractivity contribution in [2.24, 2.45) is 5.92 Å². The standard InChI is InChI=1S/C28H37N3O3/c1-18-23-15-28(32)26-13-20-5-6-22(33-2)14-24(20)27(28,9-10-30(26)17-19-3-4-19)16-25(23)29-31(18)21-7-11-34-12-8-21/h5-6,14,19,21,26,32H,3-4,7-13,15-17H2,1-2H3/t26-,27-,28-/m1/s1. The van der Waals surface area contributed by atoms with Crippen molar-refractivity contribution in [1.82, 2.24) is 14.7 Å². The maximum atomic E-state index is 12.8. The van der Waals surface area contributed by atoms with Crippen molar-refractivity contribution >= 4 is 0 Å². The van der Waals surface area contributed by atoms with E-state index in [0.29, 0.717) is 12.5 Å². The third kappa shape index (κ3) is 2.94. The van der Waals surface area contributed by atoms with Gasteiger partial charge in [0.2, 0.25) is 0 Å². The minimum absolute atomic E-state index is 0.168. The van der Waals surface area contributed by atoms with Crippen LogP contribution >= 0.6 is 0 Å². The van der Waals surface area contributed by atoms with Crippen molar-refractivity contribution in [3.63, 3.8) is 0 Å². The van der Waals surface area contributed by atoms with Gasteiger partial charge in [-0.1, -0.05) is 6.07 Å². The molecule has 3 fully saturated rings. The van der Waals surface area contributed by atoms with Crippen molar-refractivity contribution in [3.8, 4) is 5.75 Å². The Balaban J connectivity index is 1.36. The fraction of sp³-hybridized carbons (Fsp3) is 0.679. The summed E-state index contributed by atoms with van der Waals surface area (Å²) >= 11 is 0. The van der Waals surface area contributed by atoms with Crippen LogP contribution in [0.25, 0.3) is 0 Å². The second-order valence-electron chi connectivity index (χ2n) is 11.6. The van der Waals surface area contributed by atoms with Crippen LogP contribution in [0.15, 0.2) is 18.2 Å². The molecule has 0 radical (unpaired) electrons. The molecule has 1 aromatic heterocycles. The lowest BCUT2D eigenvalue weighted by atomic mass is 9.49. The average molecular weight is 464 g/mol. The van der Waals surface area contributed by atoms with E-state index in [1.807, 2.05) is 0 Å². The van der Waals surface area contributed by atoms with E-state index >= 15 is 0 Å². The van der Waals surface area contributed by atoms with Crippen molar-refractivity contribution < 1.29 is 14.6 Å². The fourth-order valence-corrected chi connectivity index (χ4v) is 7.81. The Morgan fingerprint density at radius 1 is 1.18 bits per heavy atom. The maximum Gasteiger partial charge on any atom is 0.119 e. The van der Waals surface area contributed by atoms with Crippen LogP contribution in [0.5, 0.6) is 5.75 Å². The third-order valence-corrected chi connectivity index (χ3v) is 9.89. The van der Waals surface area contributed by atoms with Crippen LogP contribution in [0.2, 0.25) is 0 Å². The van der Waals surface area contributed by atoms with E-state index in [0.717, 1.165) is 70.1 Å². The minimum atomic E-state index is -0.777. The van der Waals surface area contributed by atoms with E-state index in [1.54, 1.807) is 7.11 Å². The summed E-state index contributed by atoms with van der Waals surface area (Å²) < 4.78 is 13.6. The Morgan fingerprint density at radius 3 is 2.76 bits per heavy atom. The Kier molecular flexibility index (Phi) is 4.75. The molecular weight excluding hydrogens is 426 g/mol. The van der Waals surface area contributed by atoms with Gasteiger partial charge in [-0.25, -0.2) is 0 Å². The van der Waals surface area contributed by atoms with Gasteiger partial charge >= 0.3 is 0 Å². The molecule has 5 aliphatic rings. The number of piperidine rings is 1. The predicted molar refractivity (Wildman–Crippen MR) is 129 cm³/mol. The van der Waals surface area contributed by atoms with Gasteiger partial charge in [-0.15, -0.1) is 0 Å². The van der Waals surface area contributed by atoms with E-state index in [1.165, 1.54) is 40.9 Å². The molecule has 7 rings (SSSR count). The molecule has 1 aromatic carbocycles. The van der Waals surface area contributed by atoms with Gasteiger partial charge in [0, 0.05) is 49.8 Å². The first-order chi connectivity index (χ1) is 16.5. The third-order valence-electron chi connectivity index (χ3n) is 9.89. The van der Waals surface area contributed by atoms with E-state index in [9.17, 15) is 5.11 Å². The zero-order chi connectivity index (χ0) is 23.1. The number of methoxy groups -OCH3 is 1. The number of nitrogens with zero attached hydrogens (tertiary/aromatic N) is 3. The van der Waals surface area contributed by atoms with E-state index in [2.05, 4.69) is 34.7 Å². The molecule has 2 aliphatic heterocycles. The second-order valence-corrected chi connectivity index (χ2v) is 11.6. The predicted octanol–water partition coefficient (Wildman–Crippen LogP) is 3.36. The molecule has 6 heteroatoms. The molecule has 1 N–H and O–H groups in total. The number of hydrogen-bond acceptors (Lipinski definition) is 5. The maximum absolute atomic E-state index is 12.8. The molecule has 3 aliphatic carbocycles. The topological polar surface area (TPSA) is 59.8 Å². The monoisotopic (exact) mass is 463 g/mol. The van der Waals surface area contributed by atoms with E-state index < -0.39 is 5.60 Å². The van der Waals surface area contributed by atoms with Crippen LogP contribution in [0.1, 0.15) is 66.2 Å². The van der Waals surface area contributed by atoms with E-state index in [4.69, 9.17) is 14.6 Å². The highest BCUT2D eigenvalue weighted by atomic mass is 16.5. The Labute approximate surface area is 202 Å². The molecule has 2 saturated heterocycles. The summed E-state index contributed by atoms with van der Waals surface area (Å²) in [6, 6.07) is 7.15. The second kappa shape index (κ2) is 7.55. The summed E-state index contributed by atoms with van der Waals surface area (Å²) in [5.74, 6) is 1.72. The minimum Gasteiger partial charge on any atom is -0.497 e. The molecule has 3 heterocycles. The molecule has 0 spiro atoms. The zero-order valence-electron chi connectivity index (χ0n) is 20.6. The van der Waals surface area contributed by atoms with Crippen LogP contribution in [0.3, 0.4) is 0 Å². The number of fused-ring (bicyclic) bond motifs is 2. The van der Waals surface area contributed by atoms with Crippen LogP contribution < -0.4 is 4.74 Å². The first kappa shape index (κ1) is 21.4. The fourth-order valence-electron chi connectivity index (χ4n) is 7.81. The normalized spacial score (nSPS) is 33.2. The van der Waals surface area contributed by atoms with Crippen LogP contribution in [-0.2, 0) is 29.4 Å². The summed E-state index contributed by atoms with van der Waals surface area (Å²) in [6.45, 7) is 6.05. The Bertz CT molecular complexity index is 1120. The molecule has 2 aromatic rings. The number of aliphatic hydroxyl groups is 1. The number of ether oxygens (including phenoxy) is 2. The number of benzene rings is 1. The first-order valence-electron chi connectivity index (χ1n) is 13.3. The lowest BCUT2D eigenvalue weighted by Crippen LogP contribution is -2.74. The average Bonchev–Trinajstić information content (AvgIpc) is 3.62. The molecule has 34 heavy (non-hydrogen) atoms. The smallest absolute Gasteiger partial charge is 0.119 e. The van der Waals surface area contributed by atoms with Gasteiger partial charge in [-0.3, -0.25) is 9.58 Å². The molecule has 6 nitrogen and oxygen atoms in total. The molecule has 3 atom stereocenters. The Morgan fingerprint density at radius 2 is 2.00 bits per heavy atom. The SMILES string of the molecule is COc1ccc2c(c1)[C@]13CCN(CC4CC4)[C@H](C2)[C@]1(O)Cc1c(nn(C2CCOCC2)c1C)C3. The van der Waals surface area contributed by atoms with Crippen molar-refractivity contribution in [3.05, 3.63) is 46.3 Å². The first-order valence-corrected chi connectivity index (χ1v) is 13.3. The zero-order valence-corrected chi connectivity index (χ0v) is 20.6. The molecule has 182 valence electrons. The van der Waals surface area contributed by atoms with Gasteiger partial charge in [-0.2, -0.15) is 5.10 Å². The quantitative estimate of drug-likeness (QED) is 0.754. The van der Waals surface area contributed by atoms with Gasteiger partial charge in [0.05, 0.1) is 24.4 Å². The summed E-state index contributed by atoms with van der Waals surface area (Å²) in [5, 5.41) is 18.1. The molecule has 1 saturated carbocycles. The Hall–Kier alpha value is -1.89. The van der Waals surface area contributed by atoms with Gasteiger partial charge in [0.15, 0.2) is 0 Å². The summed E-state index contributed by atoms with van der Waals surface area (Å²) in [6.07, 6.45) is 8.18. The van der Waals surface area contributed by atoms with Crippen molar-refractivity contribution in [1.29, 1.82) is 0 Å². The largest absolute Gasteiger partial charge is 0.497 e. The van der Waals surface area contributed by atoms with Gasteiger partial charge < -0.3 is 14.6 Å². The number of likely N-dealkylation sites (tertiary alicyclic amines) is 1. The van der Waals surface area contributed by atoms with Gasteiger partial charge in [-0.05, 0) is 86.7 Å². The van der Waals surface area contributed by atoms with Gasteiger partial charge in [0.1, 0.15) is 5.75 Å². The number of aromatic nitrogens is 2. The molecule has 0 amide bonds. The highest BCUT2D eigenvalue weighted by Gasteiger charge is 2.65. The number of rotatable bonds is 4. The molecule has 0 unspecified atom stereocenters. The van der Waals surface area contributed by atoms with Gasteiger partial charge in [0.25, 0.3) is 0 Å². The van der Waals surface area contributed by atoms with Crippen molar-refractivity contribution in [2.75, 3.05) is 33.4 Å².